The minimum atomic E-state index is -0.180. The van der Waals surface area contributed by atoms with E-state index in [0.717, 1.165) is 38.0 Å². The first-order valence-corrected chi connectivity index (χ1v) is 7.54. The van der Waals surface area contributed by atoms with Crippen molar-refractivity contribution in [3.63, 3.8) is 0 Å². The van der Waals surface area contributed by atoms with E-state index in [9.17, 15) is 0 Å². The highest BCUT2D eigenvalue weighted by Gasteiger charge is 2.25. The fraction of sp³-hybridized carbons (Fsp3) is 0.647. The highest BCUT2D eigenvalue weighted by molar-refractivity contribution is 5.31. The van der Waals surface area contributed by atoms with Crippen molar-refractivity contribution in [2.45, 2.75) is 58.9 Å². The minimum absolute atomic E-state index is 0.180. The average molecular weight is 263 g/mol. The number of nitrogens with two attached hydrogens (primary N) is 1. The highest BCUT2D eigenvalue weighted by Crippen LogP contribution is 2.30. The van der Waals surface area contributed by atoms with E-state index in [4.69, 9.17) is 10.5 Å². The molecule has 0 bridgehead atoms. The maximum Gasteiger partial charge on any atom is 0.119 e. The van der Waals surface area contributed by atoms with Crippen LogP contribution in [0.15, 0.2) is 24.3 Å². The van der Waals surface area contributed by atoms with Gasteiger partial charge >= 0.3 is 0 Å². The van der Waals surface area contributed by atoms with Gasteiger partial charge in [0.05, 0.1) is 6.61 Å². The van der Waals surface area contributed by atoms with Crippen LogP contribution in [0.2, 0.25) is 0 Å². The quantitative estimate of drug-likeness (QED) is 0.750. The molecular formula is C17H29NO. The summed E-state index contributed by atoms with van der Waals surface area (Å²) < 4.78 is 5.71. The fourth-order valence-electron chi connectivity index (χ4n) is 2.45. The number of ether oxygens (including phenoxy) is 1. The summed E-state index contributed by atoms with van der Waals surface area (Å²) in [4.78, 5) is 0. The second kappa shape index (κ2) is 7.54. The predicted molar refractivity (Wildman–Crippen MR) is 82.5 cm³/mol. The standard InChI is InChI=1S/C17H29NO/c1-5-11-17(18,12-6-2)15-7-9-16(10-8-15)19-13-14(3)4/h7-10,14H,5-6,11-13,18H2,1-4H3. The Kier molecular flexibility index (Phi) is 6.36. The summed E-state index contributed by atoms with van der Waals surface area (Å²) >= 11 is 0. The minimum Gasteiger partial charge on any atom is -0.493 e. The van der Waals surface area contributed by atoms with Crippen molar-refractivity contribution in [3.05, 3.63) is 29.8 Å². The molecule has 108 valence electrons. The first-order valence-electron chi connectivity index (χ1n) is 7.54. The predicted octanol–water partition coefficient (Wildman–Crippen LogP) is 4.48. The van der Waals surface area contributed by atoms with Crippen LogP contribution in [0.3, 0.4) is 0 Å². The molecule has 1 rings (SSSR count). The number of benzene rings is 1. The van der Waals surface area contributed by atoms with Crippen molar-refractivity contribution >= 4 is 0 Å². The average Bonchev–Trinajstić information content (AvgIpc) is 2.37. The van der Waals surface area contributed by atoms with E-state index in [1.54, 1.807) is 0 Å². The number of hydrogen-bond acceptors (Lipinski definition) is 2. The molecule has 0 saturated carbocycles. The van der Waals surface area contributed by atoms with Gasteiger partial charge in [0.25, 0.3) is 0 Å². The summed E-state index contributed by atoms with van der Waals surface area (Å²) in [7, 11) is 0. The van der Waals surface area contributed by atoms with Crippen molar-refractivity contribution in [1.82, 2.24) is 0 Å². The molecule has 0 unspecified atom stereocenters. The second-order valence-electron chi connectivity index (χ2n) is 5.89. The summed E-state index contributed by atoms with van der Waals surface area (Å²) in [6.07, 6.45) is 4.30. The number of rotatable bonds is 8. The molecule has 2 nitrogen and oxygen atoms in total. The van der Waals surface area contributed by atoms with Gasteiger partial charge in [-0.3, -0.25) is 0 Å². The van der Waals surface area contributed by atoms with Crippen molar-refractivity contribution in [1.29, 1.82) is 0 Å². The zero-order valence-electron chi connectivity index (χ0n) is 12.9. The second-order valence-corrected chi connectivity index (χ2v) is 5.89. The molecule has 0 fully saturated rings. The van der Waals surface area contributed by atoms with Crippen LogP contribution in [-0.2, 0) is 5.54 Å². The SMILES string of the molecule is CCCC(N)(CCC)c1ccc(OCC(C)C)cc1. The largest absolute Gasteiger partial charge is 0.493 e. The van der Waals surface area contributed by atoms with Crippen LogP contribution >= 0.6 is 0 Å². The molecule has 2 N–H and O–H groups in total. The van der Waals surface area contributed by atoms with E-state index in [2.05, 4.69) is 39.8 Å². The molecule has 1 aromatic rings. The van der Waals surface area contributed by atoms with E-state index in [-0.39, 0.29) is 5.54 Å². The molecule has 0 aliphatic heterocycles. The zero-order chi connectivity index (χ0) is 14.3. The van der Waals surface area contributed by atoms with E-state index in [1.807, 2.05) is 12.1 Å². The van der Waals surface area contributed by atoms with Crippen molar-refractivity contribution < 1.29 is 4.74 Å². The summed E-state index contributed by atoms with van der Waals surface area (Å²) in [5, 5.41) is 0. The van der Waals surface area contributed by atoms with Gasteiger partial charge < -0.3 is 10.5 Å². The molecule has 19 heavy (non-hydrogen) atoms. The van der Waals surface area contributed by atoms with Crippen LogP contribution in [0.4, 0.5) is 0 Å². The Morgan fingerprint density at radius 3 is 2.00 bits per heavy atom. The van der Waals surface area contributed by atoms with Crippen LogP contribution in [0.1, 0.15) is 58.9 Å². The first-order chi connectivity index (χ1) is 9.01. The van der Waals surface area contributed by atoms with Crippen LogP contribution < -0.4 is 10.5 Å². The van der Waals surface area contributed by atoms with Crippen molar-refractivity contribution in [3.8, 4) is 5.75 Å². The van der Waals surface area contributed by atoms with Gasteiger partial charge in [0.2, 0.25) is 0 Å². The smallest absolute Gasteiger partial charge is 0.119 e. The third-order valence-corrected chi connectivity index (χ3v) is 3.40. The Morgan fingerprint density at radius 1 is 1.05 bits per heavy atom. The van der Waals surface area contributed by atoms with Crippen LogP contribution in [0.25, 0.3) is 0 Å². The van der Waals surface area contributed by atoms with E-state index in [0.29, 0.717) is 5.92 Å². The third-order valence-electron chi connectivity index (χ3n) is 3.40. The Hall–Kier alpha value is -1.02. The summed E-state index contributed by atoms with van der Waals surface area (Å²) in [5.41, 5.74) is 7.62. The lowest BCUT2D eigenvalue weighted by Gasteiger charge is -2.29. The first kappa shape index (κ1) is 16.0. The van der Waals surface area contributed by atoms with Crippen molar-refractivity contribution in [2.24, 2.45) is 11.7 Å². The molecule has 0 radical (unpaired) electrons. The topological polar surface area (TPSA) is 35.2 Å². The van der Waals surface area contributed by atoms with Crippen LogP contribution in [0, 0.1) is 5.92 Å². The van der Waals surface area contributed by atoms with Gasteiger partial charge in [0.1, 0.15) is 5.75 Å². The molecule has 0 heterocycles. The van der Waals surface area contributed by atoms with Gasteiger partial charge in [-0.15, -0.1) is 0 Å². The Bertz CT molecular complexity index is 350. The monoisotopic (exact) mass is 263 g/mol. The molecule has 2 heteroatoms. The maximum absolute atomic E-state index is 6.57. The molecule has 1 aromatic carbocycles. The van der Waals surface area contributed by atoms with Gasteiger partial charge in [-0.2, -0.15) is 0 Å². The lowest BCUT2D eigenvalue weighted by atomic mass is 9.83. The van der Waals surface area contributed by atoms with E-state index < -0.39 is 0 Å². The van der Waals surface area contributed by atoms with E-state index >= 15 is 0 Å². The van der Waals surface area contributed by atoms with Crippen LogP contribution in [0.5, 0.6) is 5.75 Å². The normalized spacial score (nSPS) is 11.9. The van der Waals surface area contributed by atoms with Gasteiger partial charge in [0.15, 0.2) is 0 Å². The number of hydrogen-bond donors (Lipinski definition) is 1. The Morgan fingerprint density at radius 2 is 1.58 bits per heavy atom. The third kappa shape index (κ3) is 4.87. The van der Waals surface area contributed by atoms with Crippen LogP contribution in [-0.4, -0.2) is 6.61 Å². The molecule has 0 aliphatic carbocycles. The van der Waals surface area contributed by atoms with Gasteiger partial charge in [-0.25, -0.2) is 0 Å². The summed E-state index contributed by atoms with van der Waals surface area (Å²) in [5.74, 6) is 1.49. The highest BCUT2D eigenvalue weighted by atomic mass is 16.5. The Labute approximate surface area is 118 Å². The zero-order valence-corrected chi connectivity index (χ0v) is 12.9. The molecule has 0 atom stereocenters. The summed E-state index contributed by atoms with van der Waals surface area (Å²) in [6.45, 7) is 9.45. The fourth-order valence-corrected chi connectivity index (χ4v) is 2.45. The lowest BCUT2D eigenvalue weighted by molar-refractivity contribution is 0.270. The molecule has 0 saturated heterocycles. The maximum atomic E-state index is 6.57. The summed E-state index contributed by atoms with van der Waals surface area (Å²) in [6, 6.07) is 8.34. The molecular weight excluding hydrogens is 234 g/mol. The molecule has 0 amide bonds. The molecule has 0 aromatic heterocycles. The van der Waals surface area contributed by atoms with E-state index in [1.165, 1.54) is 5.56 Å². The molecule has 0 aliphatic rings. The Balaban J connectivity index is 2.77. The van der Waals surface area contributed by atoms with Gasteiger partial charge in [0, 0.05) is 5.54 Å². The van der Waals surface area contributed by atoms with Gasteiger partial charge in [-0.1, -0.05) is 52.7 Å². The van der Waals surface area contributed by atoms with Crippen molar-refractivity contribution in [2.75, 3.05) is 6.61 Å². The van der Waals surface area contributed by atoms with Gasteiger partial charge in [-0.05, 0) is 36.5 Å². The molecule has 0 spiro atoms. The lowest BCUT2D eigenvalue weighted by Crippen LogP contribution is -2.36.